The molecule has 0 saturated heterocycles. The zero-order valence-electron chi connectivity index (χ0n) is 19.0. The summed E-state index contributed by atoms with van der Waals surface area (Å²) in [6.07, 6.45) is 0. The second-order valence-electron chi connectivity index (χ2n) is 8.41. The Labute approximate surface area is 197 Å². The molecule has 4 aromatic rings. The van der Waals surface area contributed by atoms with Gasteiger partial charge in [0, 0.05) is 37.1 Å². The van der Waals surface area contributed by atoms with E-state index in [0.29, 0.717) is 0 Å². The van der Waals surface area contributed by atoms with Crippen LogP contribution in [0.4, 0.5) is 17.3 Å². The van der Waals surface area contributed by atoms with Gasteiger partial charge in [0.25, 0.3) is 0 Å². The molecule has 1 N–H and O–H groups in total. The molecule has 176 valence electrons. The minimum Gasteiger partial charge on any atom is -0.418 e. The fourth-order valence-corrected chi connectivity index (χ4v) is 3.76. The van der Waals surface area contributed by atoms with Crippen LogP contribution in [0.2, 0.25) is 0 Å². The third-order valence-corrected chi connectivity index (χ3v) is 5.30. The van der Waals surface area contributed by atoms with Crippen molar-refractivity contribution >= 4 is 7.25 Å². The van der Waals surface area contributed by atoms with E-state index in [9.17, 15) is 22.4 Å². The third-order valence-electron chi connectivity index (χ3n) is 5.30. The highest BCUT2D eigenvalue weighted by Crippen LogP contribution is 2.31. The van der Waals surface area contributed by atoms with Crippen LogP contribution in [0.3, 0.4) is 0 Å². The topological polar surface area (TPSA) is 24.1 Å². The van der Waals surface area contributed by atoms with Crippen LogP contribution in [0, 0.1) is 0 Å². The van der Waals surface area contributed by atoms with Crippen LogP contribution >= 0.6 is 0 Å². The Morgan fingerprint density at radius 3 is 1.26 bits per heavy atom. The van der Waals surface area contributed by atoms with Crippen molar-refractivity contribution in [3.8, 4) is 33.6 Å². The van der Waals surface area contributed by atoms with Crippen LogP contribution in [0.25, 0.3) is 33.6 Å². The minimum atomic E-state index is -6.00. The molecule has 0 unspecified atom stereocenters. The van der Waals surface area contributed by atoms with Gasteiger partial charge in [-0.2, -0.15) is 4.57 Å². The largest absolute Gasteiger partial charge is 0.673 e. The number of hydrogen-bond donors (Lipinski definition) is 1. The Morgan fingerprint density at radius 2 is 0.941 bits per heavy atom. The lowest BCUT2D eigenvalue weighted by Crippen LogP contribution is -2.57. The Morgan fingerprint density at radius 1 is 0.618 bits per heavy atom. The monoisotopic (exact) mass is 467 g/mol. The van der Waals surface area contributed by atoms with E-state index < -0.39 is 12.8 Å². The number of aliphatic hydroxyl groups excluding tert-OH is 1. The first-order chi connectivity index (χ1) is 16.1. The van der Waals surface area contributed by atoms with Gasteiger partial charge in [0.15, 0.2) is 5.54 Å². The number of benzene rings is 3. The fourth-order valence-electron chi connectivity index (χ4n) is 3.76. The molecule has 0 aliphatic heterocycles. The van der Waals surface area contributed by atoms with E-state index in [2.05, 4.69) is 103 Å². The summed E-state index contributed by atoms with van der Waals surface area (Å²) in [5.74, 6) is 0. The normalized spacial score (nSPS) is 11.5. The summed E-state index contributed by atoms with van der Waals surface area (Å²) in [7, 11) is -6.00. The van der Waals surface area contributed by atoms with Gasteiger partial charge >= 0.3 is 7.25 Å². The third kappa shape index (κ3) is 6.55. The number of rotatable bonds is 5. The highest BCUT2D eigenvalue weighted by molar-refractivity contribution is 6.50. The van der Waals surface area contributed by atoms with Gasteiger partial charge in [0.05, 0.1) is 0 Å². The molecular formula is C27H26BF4NO. The molecule has 0 fully saturated rings. The molecular weight excluding hydrogens is 441 g/mol. The van der Waals surface area contributed by atoms with Crippen LogP contribution in [-0.2, 0) is 5.54 Å². The predicted molar refractivity (Wildman–Crippen MR) is 130 cm³/mol. The minimum absolute atomic E-state index is 0.0437. The van der Waals surface area contributed by atoms with Gasteiger partial charge in [-0.05, 0) is 35.4 Å². The lowest BCUT2D eigenvalue weighted by atomic mass is 9.95. The SMILES string of the molecule is CC(C)(CO)[n+]1c(-c2ccccc2)cc(-c2ccccc2)cc1-c1ccccc1.F[B-](F)(F)F. The first kappa shape index (κ1) is 25.2. The highest BCUT2D eigenvalue weighted by atomic mass is 19.5. The Bertz CT molecular complexity index is 1130. The van der Waals surface area contributed by atoms with E-state index in [0.717, 1.165) is 28.1 Å². The molecule has 0 atom stereocenters. The molecule has 34 heavy (non-hydrogen) atoms. The summed E-state index contributed by atoms with van der Waals surface area (Å²) in [4.78, 5) is 0. The van der Waals surface area contributed by atoms with Gasteiger partial charge in [-0.1, -0.05) is 66.7 Å². The molecule has 1 heterocycles. The lowest BCUT2D eigenvalue weighted by Gasteiger charge is -2.23. The van der Waals surface area contributed by atoms with Crippen molar-refractivity contribution < 1.29 is 26.9 Å². The van der Waals surface area contributed by atoms with Crippen molar-refractivity contribution in [3.63, 3.8) is 0 Å². The van der Waals surface area contributed by atoms with Gasteiger partial charge in [-0.3, -0.25) is 0 Å². The molecule has 1 aromatic heterocycles. The van der Waals surface area contributed by atoms with Gasteiger partial charge in [0.2, 0.25) is 11.4 Å². The number of halogens is 4. The molecule has 0 bridgehead atoms. The van der Waals surface area contributed by atoms with Crippen LogP contribution in [0.1, 0.15) is 13.8 Å². The zero-order chi connectivity index (χ0) is 24.8. The van der Waals surface area contributed by atoms with E-state index in [1.807, 2.05) is 18.2 Å². The van der Waals surface area contributed by atoms with Gasteiger partial charge in [0.1, 0.15) is 6.61 Å². The Kier molecular flexibility index (Phi) is 7.89. The van der Waals surface area contributed by atoms with Crippen LogP contribution in [0.5, 0.6) is 0 Å². The summed E-state index contributed by atoms with van der Waals surface area (Å²) >= 11 is 0. The maximum absolute atomic E-state index is 10.3. The second kappa shape index (κ2) is 10.7. The van der Waals surface area contributed by atoms with Crippen molar-refractivity contribution in [1.82, 2.24) is 0 Å². The van der Waals surface area contributed by atoms with Crippen molar-refractivity contribution in [2.75, 3.05) is 6.61 Å². The maximum Gasteiger partial charge on any atom is 0.673 e. The lowest BCUT2D eigenvalue weighted by molar-refractivity contribution is -0.740. The maximum atomic E-state index is 10.3. The van der Waals surface area contributed by atoms with E-state index in [1.165, 1.54) is 5.56 Å². The number of aliphatic hydroxyl groups is 1. The molecule has 0 aliphatic rings. The Hall–Kier alpha value is -3.45. The number of hydrogen-bond acceptors (Lipinski definition) is 1. The van der Waals surface area contributed by atoms with Gasteiger partial charge < -0.3 is 22.4 Å². The van der Waals surface area contributed by atoms with Gasteiger partial charge in [-0.25, -0.2) is 0 Å². The van der Waals surface area contributed by atoms with Crippen LogP contribution in [-0.4, -0.2) is 19.0 Å². The molecule has 2 nitrogen and oxygen atoms in total. The predicted octanol–water partition coefficient (Wildman–Crippen LogP) is 7.00. The van der Waals surface area contributed by atoms with Crippen LogP contribution < -0.4 is 4.57 Å². The van der Waals surface area contributed by atoms with Crippen LogP contribution in [0.15, 0.2) is 103 Å². The second-order valence-corrected chi connectivity index (χ2v) is 8.41. The van der Waals surface area contributed by atoms with Crippen molar-refractivity contribution in [2.24, 2.45) is 0 Å². The first-order valence-electron chi connectivity index (χ1n) is 10.9. The fraction of sp³-hybridized carbons (Fsp3) is 0.148. The van der Waals surface area contributed by atoms with E-state index in [4.69, 9.17) is 0 Å². The van der Waals surface area contributed by atoms with E-state index in [1.54, 1.807) is 0 Å². The first-order valence-corrected chi connectivity index (χ1v) is 10.9. The summed E-state index contributed by atoms with van der Waals surface area (Å²) < 4.78 is 41.3. The molecule has 0 spiro atoms. The molecule has 0 radical (unpaired) electrons. The summed E-state index contributed by atoms with van der Waals surface area (Å²) in [5.41, 5.74) is 6.30. The summed E-state index contributed by atoms with van der Waals surface area (Å²) in [5, 5.41) is 10.3. The quantitative estimate of drug-likeness (QED) is 0.191. The molecule has 7 heteroatoms. The van der Waals surface area contributed by atoms with Crippen molar-refractivity contribution in [1.29, 1.82) is 0 Å². The number of aromatic nitrogens is 1. The van der Waals surface area contributed by atoms with Crippen molar-refractivity contribution in [3.05, 3.63) is 103 Å². The van der Waals surface area contributed by atoms with Gasteiger partial charge in [-0.15, -0.1) is 0 Å². The Balaban J connectivity index is 0.000000588. The molecule has 0 amide bonds. The summed E-state index contributed by atoms with van der Waals surface area (Å²) in [6, 6.07) is 35.7. The van der Waals surface area contributed by atoms with Crippen molar-refractivity contribution in [2.45, 2.75) is 19.4 Å². The average Bonchev–Trinajstić information content (AvgIpc) is 2.84. The average molecular weight is 467 g/mol. The van der Waals surface area contributed by atoms with E-state index in [-0.39, 0.29) is 6.61 Å². The number of nitrogens with zero attached hydrogens (tertiary/aromatic N) is 1. The smallest absolute Gasteiger partial charge is 0.418 e. The zero-order valence-corrected chi connectivity index (χ0v) is 19.0. The molecule has 0 saturated carbocycles. The number of pyridine rings is 1. The molecule has 4 rings (SSSR count). The van der Waals surface area contributed by atoms with E-state index >= 15 is 0 Å². The molecule has 3 aromatic carbocycles. The standard InChI is InChI=1S/C27H26NO.BF4/c1-27(2,20-29)28-25(22-14-8-4-9-15-22)18-24(21-12-6-3-7-13-21)19-26(28)23-16-10-5-11-17-23;2-1(3,4)5/h3-19,29H,20H2,1-2H3;/q+1;-1. The summed E-state index contributed by atoms with van der Waals surface area (Å²) in [6.45, 7) is 4.20. The molecule has 0 aliphatic carbocycles. The highest BCUT2D eigenvalue weighted by Gasteiger charge is 2.35.